The van der Waals surface area contributed by atoms with Gasteiger partial charge in [0, 0.05) is 17.2 Å². The molecule has 2 amide bonds. The predicted molar refractivity (Wildman–Crippen MR) is 107 cm³/mol. The number of ether oxygens (including phenoxy) is 2. The van der Waals surface area contributed by atoms with Crippen LogP contribution in [0.25, 0.3) is 0 Å². The quantitative estimate of drug-likeness (QED) is 0.612. The van der Waals surface area contributed by atoms with E-state index in [2.05, 4.69) is 10.1 Å². The van der Waals surface area contributed by atoms with E-state index in [0.29, 0.717) is 0 Å². The van der Waals surface area contributed by atoms with Crippen LogP contribution in [0.5, 0.6) is 5.75 Å². The van der Waals surface area contributed by atoms with Crippen LogP contribution in [0.1, 0.15) is 42.6 Å². The van der Waals surface area contributed by atoms with E-state index in [-0.39, 0.29) is 11.3 Å². The number of rotatable bonds is 6. The van der Waals surface area contributed by atoms with Crippen molar-refractivity contribution in [1.29, 1.82) is 0 Å². The molecule has 6 nitrogen and oxygen atoms in total. The third-order valence-electron chi connectivity index (χ3n) is 5.80. The number of nitrogens with two attached hydrogens (primary N) is 1. The number of alkyl halides is 2. The lowest BCUT2D eigenvalue weighted by Crippen LogP contribution is -2.33. The molecule has 3 atom stereocenters. The van der Waals surface area contributed by atoms with E-state index in [1.807, 2.05) is 0 Å². The van der Waals surface area contributed by atoms with Gasteiger partial charge in [-0.25, -0.2) is 8.78 Å². The van der Waals surface area contributed by atoms with E-state index >= 15 is 0 Å². The molecule has 1 aliphatic heterocycles. The highest BCUT2D eigenvalue weighted by Crippen LogP contribution is 2.49. The van der Waals surface area contributed by atoms with Gasteiger partial charge in [-0.1, -0.05) is 13.0 Å². The average molecular weight is 472 g/mol. The number of nitrogens with one attached hydrogen (secondary N) is 1. The van der Waals surface area contributed by atoms with E-state index < -0.39 is 70.7 Å². The van der Waals surface area contributed by atoms with Crippen molar-refractivity contribution >= 4 is 17.5 Å². The van der Waals surface area contributed by atoms with E-state index in [4.69, 9.17) is 10.5 Å². The van der Waals surface area contributed by atoms with Crippen LogP contribution in [-0.2, 0) is 9.53 Å². The summed E-state index contributed by atoms with van der Waals surface area (Å²) in [7, 11) is 0. The smallest absolute Gasteiger partial charge is 0.387 e. The maximum Gasteiger partial charge on any atom is 0.387 e. The number of hydrogen-bond acceptors (Lipinski definition) is 4. The van der Waals surface area contributed by atoms with Crippen LogP contribution in [0.3, 0.4) is 0 Å². The summed E-state index contributed by atoms with van der Waals surface area (Å²) in [4.78, 5) is 24.5. The first-order valence-electron chi connectivity index (χ1n) is 9.84. The van der Waals surface area contributed by atoms with Crippen LogP contribution in [0.4, 0.5) is 27.6 Å². The summed E-state index contributed by atoms with van der Waals surface area (Å²) in [6.07, 6.45) is -1.35. The zero-order valence-electron chi connectivity index (χ0n) is 17.8. The van der Waals surface area contributed by atoms with Crippen molar-refractivity contribution in [3.05, 3.63) is 58.9 Å². The zero-order chi connectivity index (χ0) is 24.7. The number of hydrogen-bond donors (Lipinski definition) is 2. The summed E-state index contributed by atoms with van der Waals surface area (Å²) in [5, 5.41) is 2.46. The van der Waals surface area contributed by atoms with Crippen molar-refractivity contribution in [2.45, 2.75) is 45.0 Å². The van der Waals surface area contributed by atoms with Crippen molar-refractivity contribution in [3.8, 4) is 5.75 Å². The van der Waals surface area contributed by atoms with Crippen molar-refractivity contribution < 1.29 is 41.0 Å². The standard InChI is InChI=1S/C22H21F5N2O4/c1-9-15(11-5-7-14(24)16(25)17(11)32-21(26)27)18(33-22(9,2)3)20(31)29-10-4-6-13(23)12(8-10)19(28)30/h4-9,15,18,21H,1-3H3,(H2,28,30)(H,29,31)/t9-,15+,18+/m0/s1. The molecule has 1 saturated heterocycles. The second-order valence-corrected chi connectivity index (χ2v) is 8.16. The Kier molecular flexibility index (Phi) is 6.64. The largest absolute Gasteiger partial charge is 0.431 e. The Morgan fingerprint density at radius 2 is 1.76 bits per heavy atom. The Bertz CT molecular complexity index is 1090. The minimum Gasteiger partial charge on any atom is -0.431 e. The summed E-state index contributed by atoms with van der Waals surface area (Å²) < 4.78 is 77.8. The van der Waals surface area contributed by atoms with Gasteiger partial charge in [-0.3, -0.25) is 9.59 Å². The molecule has 1 aliphatic rings. The molecule has 3 rings (SSSR count). The summed E-state index contributed by atoms with van der Waals surface area (Å²) in [5.74, 6) is -8.30. The maximum atomic E-state index is 14.4. The molecule has 0 bridgehead atoms. The van der Waals surface area contributed by atoms with Crippen LogP contribution in [0.2, 0.25) is 0 Å². The lowest BCUT2D eigenvalue weighted by molar-refractivity contribution is -0.131. The summed E-state index contributed by atoms with van der Waals surface area (Å²) in [6.45, 7) is 1.52. The Morgan fingerprint density at radius 1 is 1.12 bits per heavy atom. The zero-order valence-corrected chi connectivity index (χ0v) is 17.8. The van der Waals surface area contributed by atoms with Crippen LogP contribution in [0, 0.1) is 23.4 Å². The van der Waals surface area contributed by atoms with Crippen molar-refractivity contribution in [2.75, 3.05) is 5.32 Å². The lowest BCUT2D eigenvalue weighted by atomic mass is 9.78. The molecule has 11 heteroatoms. The Labute approximate surface area is 185 Å². The molecule has 0 radical (unpaired) electrons. The SMILES string of the molecule is C[C@H]1[C@H](c2ccc(F)c(F)c2OC(F)F)[C@H](C(=O)Nc2ccc(F)c(C(N)=O)c2)OC1(C)C. The second kappa shape index (κ2) is 8.97. The van der Waals surface area contributed by atoms with Gasteiger partial charge in [0.15, 0.2) is 11.6 Å². The Hall–Kier alpha value is -3.21. The number of anilines is 1. The second-order valence-electron chi connectivity index (χ2n) is 8.16. The summed E-state index contributed by atoms with van der Waals surface area (Å²) >= 11 is 0. The first kappa shape index (κ1) is 24.4. The summed E-state index contributed by atoms with van der Waals surface area (Å²) in [6, 6.07) is 4.94. The average Bonchev–Trinajstić information content (AvgIpc) is 2.96. The van der Waals surface area contributed by atoms with Crippen LogP contribution >= 0.6 is 0 Å². The maximum absolute atomic E-state index is 14.4. The number of primary amides is 1. The van der Waals surface area contributed by atoms with Gasteiger partial charge in [0.2, 0.25) is 5.82 Å². The highest BCUT2D eigenvalue weighted by molar-refractivity contribution is 5.98. The number of carbonyl (C=O) groups is 2. The highest BCUT2D eigenvalue weighted by Gasteiger charge is 2.51. The van der Waals surface area contributed by atoms with Crippen LogP contribution < -0.4 is 15.8 Å². The normalized spacial score (nSPS) is 21.8. The van der Waals surface area contributed by atoms with E-state index in [1.165, 1.54) is 6.07 Å². The number of benzene rings is 2. The molecule has 3 N–H and O–H groups in total. The fraction of sp³-hybridized carbons (Fsp3) is 0.364. The molecule has 0 spiro atoms. The molecule has 33 heavy (non-hydrogen) atoms. The lowest BCUT2D eigenvalue weighted by Gasteiger charge is -2.26. The van der Waals surface area contributed by atoms with Crippen LogP contribution in [0.15, 0.2) is 30.3 Å². The number of amides is 2. The van der Waals surface area contributed by atoms with Gasteiger partial charge in [0.25, 0.3) is 11.8 Å². The molecule has 0 aromatic heterocycles. The molecule has 178 valence electrons. The molecule has 1 heterocycles. The van der Waals surface area contributed by atoms with Gasteiger partial charge >= 0.3 is 6.61 Å². The molecular weight excluding hydrogens is 451 g/mol. The molecule has 0 unspecified atom stereocenters. The van der Waals surface area contributed by atoms with Gasteiger partial charge < -0.3 is 20.5 Å². The fourth-order valence-electron chi connectivity index (χ4n) is 3.88. The molecule has 0 aliphatic carbocycles. The minimum absolute atomic E-state index is 0.0178. The van der Waals surface area contributed by atoms with Crippen molar-refractivity contribution in [1.82, 2.24) is 0 Å². The topological polar surface area (TPSA) is 90.6 Å². The van der Waals surface area contributed by atoms with Gasteiger partial charge in [-0.2, -0.15) is 13.2 Å². The van der Waals surface area contributed by atoms with E-state index in [9.17, 15) is 31.5 Å². The van der Waals surface area contributed by atoms with Gasteiger partial charge in [0.05, 0.1) is 11.2 Å². The fourth-order valence-corrected chi connectivity index (χ4v) is 3.88. The van der Waals surface area contributed by atoms with Crippen molar-refractivity contribution in [3.63, 3.8) is 0 Å². The van der Waals surface area contributed by atoms with Gasteiger partial charge in [-0.15, -0.1) is 0 Å². The molecule has 1 fully saturated rings. The van der Waals surface area contributed by atoms with E-state index in [1.54, 1.807) is 20.8 Å². The first-order chi connectivity index (χ1) is 15.3. The third kappa shape index (κ3) is 4.77. The Balaban J connectivity index is 2.02. The van der Waals surface area contributed by atoms with E-state index in [0.717, 1.165) is 24.3 Å². The number of halogens is 5. The highest BCUT2D eigenvalue weighted by atomic mass is 19.3. The molecule has 2 aromatic rings. The molecular formula is C22H21F5N2O4. The molecule has 2 aromatic carbocycles. The molecule has 0 saturated carbocycles. The first-order valence-corrected chi connectivity index (χ1v) is 9.84. The van der Waals surface area contributed by atoms with Crippen molar-refractivity contribution in [2.24, 2.45) is 11.7 Å². The minimum atomic E-state index is -3.44. The van der Waals surface area contributed by atoms with Gasteiger partial charge in [0.1, 0.15) is 11.9 Å². The monoisotopic (exact) mass is 472 g/mol. The summed E-state index contributed by atoms with van der Waals surface area (Å²) in [5.41, 5.74) is 3.52. The van der Waals surface area contributed by atoms with Gasteiger partial charge in [-0.05, 0) is 44.0 Å². The Morgan fingerprint density at radius 3 is 2.36 bits per heavy atom. The predicted octanol–water partition coefficient (Wildman–Crippen LogP) is 4.34. The third-order valence-corrected chi connectivity index (χ3v) is 5.80. The van der Waals surface area contributed by atoms with Crippen LogP contribution in [-0.4, -0.2) is 30.1 Å². The number of carbonyl (C=O) groups excluding carboxylic acids is 2.